The maximum atomic E-state index is 8.73. The lowest BCUT2D eigenvalue weighted by molar-refractivity contribution is 0.310. The summed E-state index contributed by atoms with van der Waals surface area (Å²) in [7, 11) is 0. The Morgan fingerprint density at radius 1 is 1.25 bits per heavy atom. The van der Waals surface area contributed by atoms with Crippen molar-refractivity contribution in [3.8, 4) is 6.07 Å². The molecule has 106 valence electrons. The van der Waals surface area contributed by atoms with Crippen LogP contribution in [0.15, 0.2) is 12.4 Å². The van der Waals surface area contributed by atoms with Crippen LogP contribution >= 0.6 is 0 Å². The number of nitrogens with one attached hydrogen (secondary N) is 2. The topological polar surface area (TPSA) is 103 Å². The number of nitrogens with two attached hydrogens (primary N) is 1. The Morgan fingerprint density at radius 2 is 2.05 bits per heavy atom. The van der Waals surface area contributed by atoms with E-state index in [0.29, 0.717) is 17.7 Å². The first kappa shape index (κ1) is 13.2. The molecule has 20 heavy (non-hydrogen) atoms. The van der Waals surface area contributed by atoms with Crippen molar-refractivity contribution >= 4 is 5.82 Å². The molecular weight excluding hydrogens is 254 g/mol. The van der Waals surface area contributed by atoms with Crippen molar-refractivity contribution < 1.29 is 0 Å². The zero-order valence-corrected chi connectivity index (χ0v) is 11.3. The van der Waals surface area contributed by atoms with E-state index >= 15 is 0 Å². The quantitative estimate of drug-likeness (QED) is 0.680. The van der Waals surface area contributed by atoms with Crippen molar-refractivity contribution in [3.63, 3.8) is 0 Å². The largest absolute Gasteiger partial charge is 0.355 e. The average molecular weight is 273 g/mol. The highest BCUT2D eigenvalue weighted by atomic mass is 15.4. The molecule has 0 saturated carbocycles. The highest BCUT2D eigenvalue weighted by molar-refractivity contribution is 5.37. The lowest BCUT2D eigenvalue weighted by Gasteiger charge is -2.35. The fraction of sp³-hybridized carbons (Fsp3) is 0.615. The summed E-state index contributed by atoms with van der Waals surface area (Å²) in [5, 5.41) is 8.73. The minimum Gasteiger partial charge on any atom is -0.355 e. The summed E-state index contributed by atoms with van der Waals surface area (Å²) in [5.41, 5.74) is 12.6. The third-order valence-corrected chi connectivity index (χ3v) is 4.15. The van der Waals surface area contributed by atoms with E-state index in [1.807, 2.05) is 6.07 Å². The summed E-state index contributed by atoms with van der Waals surface area (Å²) in [4.78, 5) is 10.6. The van der Waals surface area contributed by atoms with Gasteiger partial charge in [-0.3, -0.25) is 5.43 Å². The van der Waals surface area contributed by atoms with Gasteiger partial charge in [0.15, 0.2) is 5.69 Å². The molecule has 0 spiro atoms. The summed E-state index contributed by atoms with van der Waals surface area (Å²) < 4.78 is 0. The van der Waals surface area contributed by atoms with E-state index in [-0.39, 0.29) is 6.17 Å². The summed E-state index contributed by atoms with van der Waals surface area (Å²) in [6.45, 7) is 1.94. The fourth-order valence-corrected chi connectivity index (χ4v) is 2.99. The molecule has 1 aromatic heterocycles. The number of anilines is 1. The molecule has 0 aromatic carbocycles. The first-order valence-electron chi connectivity index (χ1n) is 7.00. The molecule has 2 saturated heterocycles. The molecule has 2 aliphatic rings. The Bertz CT molecular complexity index is 486. The monoisotopic (exact) mass is 273 g/mol. The standard InChI is InChI=1S/C13H19N7/c14-6-10-7-17-13(8-16-10)20-3-1-9(2-4-20)11-5-12(15)19-18-11/h7-9,11-12,18-19H,1-5,15H2. The molecule has 2 unspecified atom stereocenters. The lowest BCUT2D eigenvalue weighted by atomic mass is 9.88. The van der Waals surface area contributed by atoms with Gasteiger partial charge in [0, 0.05) is 19.1 Å². The van der Waals surface area contributed by atoms with Gasteiger partial charge in [0.05, 0.1) is 18.6 Å². The molecule has 7 heteroatoms. The van der Waals surface area contributed by atoms with Gasteiger partial charge < -0.3 is 10.6 Å². The zero-order valence-electron chi connectivity index (χ0n) is 11.3. The van der Waals surface area contributed by atoms with Crippen LogP contribution in [0.3, 0.4) is 0 Å². The van der Waals surface area contributed by atoms with Crippen LogP contribution in [0.4, 0.5) is 5.82 Å². The van der Waals surface area contributed by atoms with Crippen LogP contribution in [-0.4, -0.2) is 35.3 Å². The van der Waals surface area contributed by atoms with Gasteiger partial charge in [0.1, 0.15) is 11.9 Å². The van der Waals surface area contributed by atoms with Crippen LogP contribution in [0.2, 0.25) is 0 Å². The predicted octanol–water partition coefficient (Wildman–Crippen LogP) is -0.284. The molecule has 4 N–H and O–H groups in total. The molecule has 0 radical (unpaired) electrons. The summed E-state index contributed by atoms with van der Waals surface area (Å²) in [6, 6.07) is 2.46. The number of hydrogen-bond donors (Lipinski definition) is 3. The van der Waals surface area contributed by atoms with E-state index in [9.17, 15) is 0 Å². The van der Waals surface area contributed by atoms with Gasteiger partial charge in [-0.05, 0) is 25.2 Å². The fourth-order valence-electron chi connectivity index (χ4n) is 2.99. The zero-order chi connectivity index (χ0) is 13.9. The Morgan fingerprint density at radius 3 is 2.60 bits per heavy atom. The number of hydrazine groups is 1. The van der Waals surface area contributed by atoms with Crippen LogP contribution < -0.4 is 21.5 Å². The Labute approximate surface area is 118 Å². The SMILES string of the molecule is N#Cc1cnc(N2CCC(C3CC(N)NN3)CC2)cn1. The number of nitriles is 1. The van der Waals surface area contributed by atoms with Gasteiger partial charge in [-0.25, -0.2) is 15.4 Å². The number of piperidine rings is 1. The minimum atomic E-state index is 0.0717. The van der Waals surface area contributed by atoms with Gasteiger partial charge in [-0.15, -0.1) is 0 Å². The normalized spacial score (nSPS) is 27.5. The first-order chi connectivity index (χ1) is 9.76. The Balaban J connectivity index is 1.56. The number of nitrogens with zero attached hydrogens (tertiary/aromatic N) is 4. The van der Waals surface area contributed by atoms with E-state index in [4.69, 9.17) is 11.0 Å². The second kappa shape index (κ2) is 5.71. The highest BCUT2D eigenvalue weighted by Crippen LogP contribution is 2.26. The molecule has 0 aliphatic carbocycles. The Hall–Kier alpha value is -1.75. The lowest BCUT2D eigenvalue weighted by Crippen LogP contribution is -2.43. The van der Waals surface area contributed by atoms with Gasteiger partial charge in [-0.1, -0.05) is 0 Å². The average Bonchev–Trinajstić information content (AvgIpc) is 2.94. The van der Waals surface area contributed by atoms with Crippen molar-refractivity contribution in [2.75, 3.05) is 18.0 Å². The second-order valence-corrected chi connectivity index (χ2v) is 5.43. The molecule has 3 rings (SSSR count). The van der Waals surface area contributed by atoms with Crippen LogP contribution in [0.5, 0.6) is 0 Å². The summed E-state index contributed by atoms with van der Waals surface area (Å²) in [5.74, 6) is 1.51. The number of hydrogen-bond acceptors (Lipinski definition) is 7. The van der Waals surface area contributed by atoms with Crippen LogP contribution in [0.1, 0.15) is 25.0 Å². The Kier molecular flexibility index (Phi) is 3.78. The van der Waals surface area contributed by atoms with E-state index in [1.54, 1.807) is 6.20 Å². The summed E-state index contributed by atoms with van der Waals surface area (Å²) in [6.07, 6.45) is 6.51. The van der Waals surface area contributed by atoms with Crippen LogP contribution in [0.25, 0.3) is 0 Å². The summed E-state index contributed by atoms with van der Waals surface area (Å²) >= 11 is 0. The first-order valence-corrected chi connectivity index (χ1v) is 7.00. The van der Waals surface area contributed by atoms with Gasteiger partial charge in [0.25, 0.3) is 0 Å². The highest BCUT2D eigenvalue weighted by Gasteiger charge is 2.31. The van der Waals surface area contributed by atoms with Crippen molar-refractivity contribution in [1.82, 2.24) is 20.8 Å². The number of rotatable bonds is 2. The molecule has 7 nitrogen and oxygen atoms in total. The van der Waals surface area contributed by atoms with Crippen LogP contribution in [0, 0.1) is 17.2 Å². The maximum absolute atomic E-state index is 8.73. The molecular formula is C13H19N7. The molecule has 3 heterocycles. The molecule has 1 aromatic rings. The minimum absolute atomic E-state index is 0.0717. The van der Waals surface area contributed by atoms with Gasteiger partial charge in [-0.2, -0.15) is 5.26 Å². The predicted molar refractivity (Wildman–Crippen MR) is 74.3 cm³/mol. The van der Waals surface area contributed by atoms with E-state index < -0.39 is 0 Å². The van der Waals surface area contributed by atoms with Crippen LogP contribution in [-0.2, 0) is 0 Å². The molecule has 0 bridgehead atoms. The smallest absolute Gasteiger partial charge is 0.158 e. The van der Waals surface area contributed by atoms with E-state index in [2.05, 4.69) is 25.7 Å². The second-order valence-electron chi connectivity index (χ2n) is 5.43. The molecule has 2 fully saturated rings. The third-order valence-electron chi connectivity index (χ3n) is 4.15. The van der Waals surface area contributed by atoms with Crippen molar-refractivity contribution in [2.24, 2.45) is 11.7 Å². The van der Waals surface area contributed by atoms with E-state index in [1.165, 1.54) is 6.20 Å². The van der Waals surface area contributed by atoms with E-state index in [0.717, 1.165) is 38.2 Å². The number of aromatic nitrogens is 2. The third kappa shape index (κ3) is 2.72. The van der Waals surface area contributed by atoms with Gasteiger partial charge >= 0.3 is 0 Å². The van der Waals surface area contributed by atoms with Gasteiger partial charge in [0.2, 0.25) is 0 Å². The van der Waals surface area contributed by atoms with Crippen molar-refractivity contribution in [3.05, 3.63) is 18.1 Å². The molecule has 0 amide bonds. The van der Waals surface area contributed by atoms with Crippen molar-refractivity contribution in [2.45, 2.75) is 31.5 Å². The van der Waals surface area contributed by atoms with Crippen molar-refractivity contribution in [1.29, 1.82) is 5.26 Å². The molecule has 2 atom stereocenters. The maximum Gasteiger partial charge on any atom is 0.158 e. The molecule has 2 aliphatic heterocycles.